The van der Waals surface area contributed by atoms with Crippen LogP contribution in [-0.2, 0) is 27.7 Å². The largest absolute Gasteiger partial charge is 0.354 e. The molecule has 0 atom stereocenters. The standard InChI is InChI=1S/C18H30N2O3S/c1-6-15-9-8-10-16(7-2)18(15)20(24(5,22)23)12-11-19-17(21)13-14(3)4/h8-10,14H,6-7,11-13H2,1-5H3,(H,19,21). The van der Waals surface area contributed by atoms with Crippen molar-refractivity contribution in [2.45, 2.75) is 47.0 Å². The van der Waals surface area contributed by atoms with Gasteiger partial charge in [0.25, 0.3) is 0 Å². The Labute approximate surface area is 146 Å². The molecule has 0 fully saturated rings. The second kappa shape index (κ2) is 9.06. The van der Waals surface area contributed by atoms with Crippen LogP contribution in [0.2, 0.25) is 0 Å². The number of hydrogen-bond donors (Lipinski definition) is 1. The lowest BCUT2D eigenvalue weighted by molar-refractivity contribution is -0.121. The number of benzene rings is 1. The highest BCUT2D eigenvalue weighted by atomic mass is 32.2. The monoisotopic (exact) mass is 354 g/mol. The fourth-order valence-corrected chi connectivity index (χ4v) is 3.71. The van der Waals surface area contributed by atoms with E-state index in [-0.39, 0.29) is 18.4 Å². The van der Waals surface area contributed by atoms with E-state index in [0.29, 0.717) is 13.0 Å². The average molecular weight is 355 g/mol. The summed E-state index contributed by atoms with van der Waals surface area (Å²) in [5, 5.41) is 2.82. The highest BCUT2D eigenvalue weighted by Crippen LogP contribution is 2.28. The van der Waals surface area contributed by atoms with Gasteiger partial charge in [0, 0.05) is 13.0 Å². The van der Waals surface area contributed by atoms with Gasteiger partial charge < -0.3 is 5.32 Å². The Morgan fingerprint density at radius 1 is 1.17 bits per heavy atom. The molecule has 136 valence electrons. The molecule has 0 spiro atoms. The predicted octanol–water partition coefficient (Wildman–Crippen LogP) is 2.74. The first-order chi connectivity index (χ1) is 11.2. The number of rotatable bonds is 9. The second-order valence-electron chi connectivity index (χ2n) is 6.42. The van der Waals surface area contributed by atoms with Crippen LogP contribution in [-0.4, -0.2) is 33.7 Å². The van der Waals surface area contributed by atoms with Crippen molar-refractivity contribution in [2.24, 2.45) is 5.92 Å². The van der Waals surface area contributed by atoms with Crippen LogP contribution in [0.15, 0.2) is 18.2 Å². The Hall–Kier alpha value is -1.56. The summed E-state index contributed by atoms with van der Waals surface area (Å²) in [5.41, 5.74) is 2.78. The molecule has 24 heavy (non-hydrogen) atoms. The van der Waals surface area contributed by atoms with E-state index < -0.39 is 10.0 Å². The number of aryl methyl sites for hydroxylation is 2. The van der Waals surface area contributed by atoms with Crippen molar-refractivity contribution in [1.82, 2.24) is 5.32 Å². The summed E-state index contributed by atoms with van der Waals surface area (Å²) in [6, 6.07) is 5.89. The third kappa shape index (κ3) is 5.82. The molecule has 0 bridgehead atoms. The quantitative estimate of drug-likeness (QED) is 0.741. The van der Waals surface area contributed by atoms with Gasteiger partial charge in [-0.3, -0.25) is 9.10 Å². The van der Waals surface area contributed by atoms with Crippen molar-refractivity contribution in [2.75, 3.05) is 23.7 Å². The molecule has 1 amide bonds. The van der Waals surface area contributed by atoms with Crippen LogP contribution in [0.25, 0.3) is 0 Å². The Morgan fingerprint density at radius 2 is 1.71 bits per heavy atom. The molecule has 1 aromatic rings. The molecular weight excluding hydrogens is 324 g/mol. The molecule has 0 aliphatic carbocycles. The van der Waals surface area contributed by atoms with E-state index in [1.165, 1.54) is 10.6 Å². The summed E-state index contributed by atoms with van der Waals surface area (Å²) in [4.78, 5) is 11.8. The normalized spacial score (nSPS) is 11.6. The van der Waals surface area contributed by atoms with Crippen LogP contribution in [0.1, 0.15) is 45.2 Å². The molecule has 1 N–H and O–H groups in total. The second-order valence-corrected chi connectivity index (χ2v) is 8.32. The number of anilines is 1. The van der Waals surface area contributed by atoms with Gasteiger partial charge in [-0.25, -0.2) is 8.42 Å². The van der Waals surface area contributed by atoms with E-state index in [0.717, 1.165) is 29.7 Å². The topological polar surface area (TPSA) is 66.5 Å². The van der Waals surface area contributed by atoms with Gasteiger partial charge in [-0.2, -0.15) is 0 Å². The van der Waals surface area contributed by atoms with Gasteiger partial charge in [-0.15, -0.1) is 0 Å². The summed E-state index contributed by atoms with van der Waals surface area (Å²) in [6.07, 6.45) is 3.18. The van der Waals surface area contributed by atoms with E-state index in [1.54, 1.807) is 0 Å². The van der Waals surface area contributed by atoms with E-state index in [1.807, 2.05) is 45.9 Å². The number of para-hydroxylation sites is 1. The number of amides is 1. The molecule has 0 unspecified atom stereocenters. The van der Waals surface area contributed by atoms with Crippen LogP contribution in [0.5, 0.6) is 0 Å². The summed E-state index contributed by atoms with van der Waals surface area (Å²) in [5.74, 6) is 0.237. The lowest BCUT2D eigenvalue weighted by Crippen LogP contribution is -2.39. The van der Waals surface area contributed by atoms with Crippen molar-refractivity contribution in [3.05, 3.63) is 29.3 Å². The van der Waals surface area contributed by atoms with Crippen molar-refractivity contribution in [3.63, 3.8) is 0 Å². The SMILES string of the molecule is CCc1cccc(CC)c1N(CCNC(=O)CC(C)C)S(C)(=O)=O. The van der Waals surface area contributed by atoms with E-state index in [4.69, 9.17) is 0 Å². The molecule has 0 aliphatic rings. The first-order valence-corrected chi connectivity index (χ1v) is 10.4. The number of nitrogens with one attached hydrogen (secondary N) is 1. The van der Waals surface area contributed by atoms with Crippen LogP contribution in [0.3, 0.4) is 0 Å². The van der Waals surface area contributed by atoms with Gasteiger partial charge in [0.2, 0.25) is 15.9 Å². The van der Waals surface area contributed by atoms with Gasteiger partial charge in [0.15, 0.2) is 0 Å². The minimum Gasteiger partial charge on any atom is -0.354 e. The predicted molar refractivity (Wildman–Crippen MR) is 99.9 cm³/mol. The van der Waals surface area contributed by atoms with Crippen LogP contribution < -0.4 is 9.62 Å². The summed E-state index contributed by atoms with van der Waals surface area (Å²) in [6.45, 7) is 8.54. The Balaban J connectivity index is 3.02. The number of hydrogen-bond acceptors (Lipinski definition) is 3. The molecule has 0 aliphatic heterocycles. The Bertz CT molecular complexity index is 632. The molecule has 0 saturated heterocycles. The molecule has 0 aromatic heterocycles. The fourth-order valence-electron chi connectivity index (χ4n) is 2.72. The third-order valence-corrected chi connectivity index (χ3v) is 5.01. The maximum Gasteiger partial charge on any atom is 0.232 e. The first-order valence-electron chi connectivity index (χ1n) is 8.55. The molecule has 6 heteroatoms. The molecule has 0 heterocycles. The zero-order chi connectivity index (χ0) is 18.3. The smallest absolute Gasteiger partial charge is 0.232 e. The van der Waals surface area contributed by atoms with Crippen LogP contribution in [0, 0.1) is 5.92 Å². The van der Waals surface area contributed by atoms with Gasteiger partial charge in [-0.1, -0.05) is 45.9 Å². The van der Waals surface area contributed by atoms with E-state index in [9.17, 15) is 13.2 Å². The summed E-state index contributed by atoms with van der Waals surface area (Å²) >= 11 is 0. The van der Waals surface area contributed by atoms with E-state index in [2.05, 4.69) is 5.32 Å². The van der Waals surface area contributed by atoms with Gasteiger partial charge in [0.05, 0.1) is 18.5 Å². The van der Waals surface area contributed by atoms with Gasteiger partial charge >= 0.3 is 0 Å². The highest BCUT2D eigenvalue weighted by molar-refractivity contribution is 7.92. The molecule has 1 rings (SSSR count). The maximum atomic E-state index is 12.3. The van der Waals surface area contributed by atoms with Crippen molar-refractivity contribution in [1.29, 1.82) is 0 Å². The van der Waals surface area contributed by atoms with Crippen molar-refractivity contribution < 1.29 is 13.2 Å². The lowest BCUT2D eigenvalue weighted by Gasteiger charge is -2.27. The molecule has 0 radical (unpaired) electrons. The van der Waals surface area contributed by atoms with Gasteiger partial charge in [0.1, 0.15) is 0 Å². The van der Waals surface area contributed by atoms with Gasteiger partial charge in [-0.05, 0) is 29.9 Å². The summed E-state index contributed by atoms with van der Waals surface area (Å²) < 4.78 is 26.1. The minimum absolute atomic E-state index is 0.0436. The maximum absolute atomic E-state index is 12.3. The Morgan fingerprint density at radius 3 is 2.12 bits per heavy atom. The van der Waals surface area contributed by atoms with Crippen LogP contribution >= 0.6 is 0 Å². The molecule has 5 nitrogen and oxygen atoms in total. The molecular formula is C18H30N2O3S. The number of carbonyl (C=O) groups is 1. The average Bonchev–Trinajstić information content (AvgIpc) is 2.49. The number of carbonyl (C=O) groups excluding carboxylic acids is 1. The zero-order valence-electron chi connectivity index (χ0n) is 15.4. The number of sulfonamides is 1. The van der Waals surface area contributed by atoms with Crippen molar-refractivity contribution in [3.8, 4) is 0 Å². The zero-order valence-corrected chi connectivity index (χ0v) is 16.2. The molecule has 1 aromatic carbocycles. The third-order valence-electron chi connectivity index (χ3n) is 3.85. The first kappa shape index (κ1) is 20.5. The molecule has 0 saturated carbocycles. The lowest BCUT2D eigenvalue weighted by atomic mass is 10.0. The highest BCUT2D eigenvalue weighted by Gasteiger charge is 2.22. The van der Waals surface area contributed by atoms with E-state index >= 15 is 0 Å². The van der Waals surface area contributed by atoms with Crippen molar-refractivity contribution >= 4 is 21.6 Å². The summed E-state index contributed by atoms with van der Waals surface area (Å²) in [7, 11) is -3.42. The number of nitrogens with zero attached hydrogens (tertiary/aromatic N) is 1. The Kier molecular flexibility index (Phi) is 7.73. The minimum atomic E-state index is -3.42. The van der Waals surface area contributed by atoms with Crippen LogP contribution in [0.4, 0.5) is 5.69 Å². The fraction of sp³-hybridized carbons (Fsp3) is 0.611.